The number of fused-ring (bicyclic) bond motifs is 1. The molecule has 1 aliphatic rings. The van der Waals surface area contributed by atoms with Crippen molar-refractivity contribution in [1.82, 2.24) is 0 Å². The molecule has 0 saturated heterocycles. The molecule has 0 spiro atoms. The SMILES string of the molecule is COC(=O)C1Oc2ccc(Cl)cc2C(Cc2ccccc2)(c2ccccc2)O1. The third-order valence-corrected chi connectivity index (χ3v) is 5.08. The van der Waals surface area contributed by atoms with Gasteiger partial charge in [-0.2, -0.15) is 0 Å². The van der Waals surface area contributed by atoms with Crippen LogP contribution in [0.15, 0.2) is 78.9 Å². The molecule has 28 heavy (non-hydrogen) atoms. The number of carbonyl (C=O) groups excluding carboxylic acids is 1. The Hall–Kier alpha value is -2.82. The van der Waals surface area contributed by atoms with Gasteiger partial charge >= 0.3 is 12.3 Å². The van der Waals surface area contributed by atoms with Crippen LogP contribution in [0.3, 0.4) is 0 Å². The largest absolute Gasteiger partial charge is 0.464 e. The molecule has 3 aromatic rings. The molecule has 0 radical (unpaired) electrons. The lowest BCUT2D eigenvalue weighted by Crippen LogP contribution is -2.47. The summed E-state index contributed by atoms with van der Waals surface area (Å²) in [6.07, 6.45) is -0.676. The number of ether oxygens (including phenoxy) is 3. The van der Waals surface area contributed by atoms with Crippen LogP contribution in [0, 0.1) is 0 Å². The van der Waals surface area contributed by atoms with Crippen LogP contribution in [0.1, 0.15) is 16.7 Å². The van der Waals surface area contributed by atoms with Gasteiger partial charge in [0.15, 0.2) is 0 Å². The van der Waals surface area contributed by atoms with Gasteiger partial charge in [-0.15, -0.1) is 0 Å². The van der Waals surface area contributed by atoms with Crippen LogP contribution < -0.4 is 4.74 Å². The predicted octanol–water partition coefficient (Wildman–Crippen LogP) is 4.73. The van der Waals surface area contributed by atoms with E-state index in [9.17, 15) is 4.79 Å². The van der Waals surface area contributed by atoms with Crippen molar-refractivity contribution in [2.45, 2.75) is 18.3 Å². The van der Waals surface area contributed by atoms with Gasteiger partial charge in [0.25, 0.3) is 0 Å². The van der Waals surface area contributed by atoms with Crippen molar-refractivity contribution >= 4 is 17.6 Å². The monoisotopic (exact) mass is 394 g/mol. The van der Waals surface area contributed by atoms with Crippen LogP contribution in [0.4, 0.5) is 0 Å². The van der Waals surface area contributed by atoms with Gasteiger partial charge in [-0.1, -0.05) is 72.3 Å². The molecule has 0 bridgehead atoms. The summed E-state index contributed by atoms with van der Waals surface area (Å²) in [6.45, 7) is 0. The first kappa shape index (κ1) is 18.5. The zero-order valence-corrected chi connectivity index (χ0v) is 16.1. The normalized spacial score (nSPS) is 20.7. The topological polar surface area (TPSA) is 44.8 Å². The van der Waals surface area contributed by atoms with Gasteiger partial charge in [-0.3, -0.25) is 0 Å². The van der Waals surface area contributed by atoms with E-state index in [-0.39, 0.29) is 0 Å². The molecule has 0 aliphatic carbocycles. The molecular weight excluding hydrogens is 376 g/mol. The summed E-state index contributed by atoms with van der Waals surface area (Å²) in [6, 6.07) is 25.1. The van der Waals surface area contributed by atoms with Gasteiger partial charge in [0, 0.05) is 17.0 Å². The molecule has 3 aromatic carbocycles. The summed E-state index contributed by atoms with van der Waals surface area (Å²) in [5.74, 6) is -0.0419. The van der Waals surface area contributed by atoms with Crippen LogP contribution in [0.2, 0.25) is 5.02 Å². The van der Waals surface area contributed by atoms with Gasteiger partial charge in [-0.05, 0) is 29.3 Å². The van der Waals surface area contributed by atoms with Gasteiger partial charge < -0.3 is 14.2 Å². The fourth-order valence-electron chi connectivity index (χ4n) is 3.55. The van der Waals surface area contributed by atoms with Crippen molar-refractivity contribution < 1.29 is 19.0 Å². The lowest BCUT2D eigenvalue weighted by molar-refractivity contribution is -0.207. The van der Waals surface area contributed by atoms with Crippen molar-refractivity contribution in [3.63, 3.8) is 0 Å². The van der Waals surface area contributed by atoms with Crippen molar-refractivity contribution in [3.05, 3.63) is 101 Å². The number of methoxy groups -OCH3 is 1. The fraction of sp³-hybridized carbons (Fsp3) is 0.174. The maximum atomic E-state index is 12.3. The molecule has 1 heterocycles. The molecule has 0 saturated carbocycles. The second-order valence-corrected chi connectivity index (χ2v) is 7.02. The smallest absolute Gasteiger partial charge is 0.376 e. The number of carbonyl (C=O) groups is 1. The lowest BCUT2D eigenvalue weighted by Gasteiger charge is -2.42. The number of hydrogen-bond donors (Lipinski definition) is 0. The van der Waals surface area contributed by atoms with E-state index in [0.717, 1.165) is 16.7 Å². The maximum Gasteiger partial charge on any atom is 0.376 e. The summed E-state index contributed by atoms with van der Waals surface area (Å²) in [4.78, 5) is 12.3. The van der Waals surface area contributed by atoms with Gasteiger partial charge in [-0.25, -0.2) is 4.79 Å². The van der Waals surface area contributed by atoms with E-state index in [4.69, 9.17) is 25.8 Å². The molecule has 142 valence electrons. The van der Waals surface area contributed by atoms with E-state index in [1.54, 1.807) is 12.1 Å². The highest BCUT2D eigenvalue weighted by Crippen LogP contribution is 2.47. The Morgan fingerprint density at radius 2 is 1.71 bits per heavy atom. The number of benzene rings is 3. The lowest BCUT2D eigenvalue weighted by atomic mass is 9.80. The second-order valence-electron chi connectivity index (χ2n) is 6.59. The van der Waals surface area contributed by atoms with Crippen molar-refractivity contribution in [2.75, 3.05) is 7.11 Å². The number of hydrogen-bond acceptors (Lipinski definition) is 4. The Kier molecular flexibility index (Phi) is 5.07. The van der Waals surface area contributed by atoms with Crippen molar-refractivity contribution in [3.8, 4) is 5.75 Å². The van der Waals surface area contributed by atoms with Crippen molar-refractivity contribution in [2.24, 2.45) is 0 Å². The molecule has 0 amide bonds. The average Bonchev–Trinajstić information content (AvgIpc) is 2.74. The standard InChI is InChI=1S/C23H19ClO4/c1-26-21(25)22-27-20-13-12-18(24)14-19(20)23(28-22,17-10-6-3-7-11-17)15-16-8-4-2-5-9-16/h2-14,22H,15H2,1H3. The number of rotatable bonds is 4. The predicted molar refractivity (Wildman–Crippen MR) is 106 cm³/mol. The summed E-state index contributed by atoms with van der Waals surface area (Å²) >= 11 is 6.32. The van der Waals surface area contributed by atoms with Crippen LogP contribution >= 0.6 is 11.6 Å². The highest BCUT2D eigenvalue weighted by Gasteiger charge is 2.47. The average molecular weight is 395 g/mol. The first-order chi connectivity index (χ1) is 13.6. The molecular formula is C23H19ClO4. The van der Waals surface area contributed by atoms with E-state index in [0.29, 0.717) is 17.2 Å². The third-order valence-electron chi connectivity index (χ3n) is 4.85. The van der Waals surface area contributed by atoms with Crippen LogP contribution in [0.25, 0.3) is 0 Å². The fourth-order valence-corrected chi connectivity index (χ4v) is 3.72. The maximum absolute atomic E-state index is 12.3. The van der Waals surface area contributed by atoms with Crippen LogP contribution in [-0.4, -0.2) is 19.4 Å². The second kappa shape index (κ2) is 7.66. The number of halogens is 1. The zero-order chi connectivity index (χ0) is 19.6. The van der Waals surface area contributed by atoms with Crippen molar-refractivity contribution in [1.29, 1.82) is 0 Å². The Balaban J connectivity index is 1.94. The molecule has 0 fully saturated rings. The highest BCUT2D eigenvalue weighted by atomic mass is 35.5. The molecule has 0 N–H and O–H groups in total. The van der Waals surface area contributed by atoms with Gasteiger partial charge in [0.1, 0.15) is 11.4 Å². The Bertz CT molecular complexity index is 974. The van der Waals surface area contributed by atoms with Crippen LogP contribution in [0.5, 0.6) is 5.75 Å². The first-order valence-electron chi connectivity index (χ1n) is 8.94. The first-order valence-corrected chi connectivity index (χ1v) is 9.32. The molecule has 4 nitrogen and oxygen atoms in total. The molecule has 1 aliphatic heterocycles. The van der Waals surface area contributed by atoms with E-state index >= 15 is 0 Å². The van der Waals surface area contributed by atoms with E-state index < -0.39 is 17.9 Å². The molecule has 2 atom stereocenters. The van der Waals surface area contributed by atoms with Crippen LogP contribution in [-0.2, 0) is 26.3 Å². The van der Waals surface area contributed by atoms with E-state index in [1.165, 1.54) is 7.11 Å². The summed E-state index contributed by atoms with van der Waals surface area (Å²) in [5.41, 5.74) is 1.78. The minimum absolute atomic E-state index is 0.502. The molecule has 0 aromatic heterocycles. The molecule has 5 heteroatoms. The Morgan fingerprint density at radius 1 is 1.04 bits per heavy atom. The minimum Gasteiger partial charge on any atom is -0.464 e. The van der Waals surface area contributed by atoms with E-state index in [1.807, 2.05) is 66.7 Å². The highest BCUT2D eigenvalue weighted by molar-refractivity contribution is 6.30. The zero-order valence-electron chi connectivity index (χ0n) is 15.3. The Labute approximate surface area is 168 Å². The summed E-state index contributed by atoms with van der Waals surface area (Å²) in [7, 11) is 1.31. The third kappa shape index (κ3) is 3.37. The Morgan fingerprint density at radius 3 is 2.39 bits per heavy atom. The number of esters is 1. The van der Waals surface area contributed by atoms with Gasteiger partial charge in [0.2, 0.25) is 0 Å². The van der Waals surface area contributed by atoms with Gasteiger partial charge in [0.05, 0.1) is 7.11 Å². The van der Waals surface area contributed by atoms with E-state index in [2.05, 4.69) is 0 Å². The summed E-state index contributed by atoms with van der Waals surface area (Å²) < 4.78 is 17.0. The molecule has 2 unspecified atom stereocenters. The quantitative estimate of drug-likeness (QED) is 0.600. The summed E-state index contributed by atoms with van der Waals surface area (Å²) in [5, 5.41) is 0.566. The molecule has 4 rings (SSSR count). The minimum atomic E-state index is -1.18.